The van der Waals surface area contributed by atoms with E-state index in [1.807, 2.05) is 19.1 Å². The van der Waals surface area contributed by atoms with Crippen LogP contribution in [0, 0.1) is 0 Å². The Bertz CT molecular complexity index is 563. The number of thiophene rings is 1. The number of hydrogen-bond acceptors (Lipinski definition) is 2. The molecule has 2 aromatic rings. The molecular weight excluding hydrogens is 351 g/mol. The highest BCUT2D eigenvalue weighted by Crippen LogP contribution is 2.29. The lowest BCUT2D eigenvalue weighted by Crippen LogP contribution is -2.17. The van der Waals surface area contributed by atoms with Crippen LogP contribution in [0.2, 0.25) is 0 Å². The summed E-state index contributed by atoms with van der Waals surface area (Å²) in [5.41, 5.74) is 0.219. The standard InChI is InChI=1S/C14H13BrF3NS/c1-9(12-6-7-13(15)20-12)19-8-10-2-4-11(5-3-10)14(16,17)18/h2-7,9,19H,8H2,1H3. The Kier molecular flexibility index (Phi) is 4.88. The van der Waals surface area contributed by atoms with E-state index in [4.69, 9.17) is 0 Å². The van der Waals surface area contributed by atoms with Crippen molar-refractivity contribution in [2.45, 2.75) is 25.7 Å². The monoisotopic (exact) mass is 363 g/mol. The van der Waals surface area contributed by atoms with E-state index in [1.165, 1.54) is 17.0 Å². The van der Waals surface area contributed by atoms with Gasteiger partial charge >= 0.3 is 6.18 Å². The number of alkyl halides is 3. The second kappa shape index (κ2) is 6.28. The zero-order chi connectivity index (χ0) is 14.8. The van der Waals surface area contributed by atoms with Gasteiger partial charge in [-0.15, -0.1) is 11.3 Å². The SMILES string of the molecule is CC(NCc1ccc(C(F)(F)F)cc1)c1ccc(Br)s1. The van der Waals surface area contributed by atoms with Gasteiger partial charge in [-0.25, -0.2) is 0 Å². The van der Waals surface area contributed by atoms with E-state index in [0.717, 1.165) is 21.5 Å². The molecule has 1 heterocycles. The second-order valence-electron chi connectivity index (χ2n) is 4.44. The zero-order valence-electron chi connectivity index (χ0n) is 10.7. The van der Waals surface area contributed by atoms with Crippen LogP contribution in [0.5, 0.6) is 0 Å². The minimum atomic E-state index is -4.28. The molecule has 6 heteroatoms. The third kappa shape index (κ3) is 4.07. The largest absolute Gasteiger partial charge is 0.416 e. The summed E-state index contributed by atoms with van der Waals surface area (Å²) in [6.07, 6.45) is -4.28. The van der Waals surface area contributed by atoms with E-state index in [2.05, 4.69) is 21.2 Å². The molecule has 0 saturated heterocycles. The van der Waals surface area contributed by atoms with Crippen molar-refractivity contribution in [2.24, 2.45) is 0 Å². The van der Waals surface area contributed by atoms with Crippen LogP contribution in [0.4, 0.5) is 13.2 Å². The number of hydrogen-bond donors (Lipinski definition) is 1. The van der Waals surface area contributed by atoms with Crippen molar-refractivity contribution in [1.82, 2.24) is 5.32 Å². The molecule has 0 aliphatic heterocycles. The average molecular weight is 364 g/mol. The fourth-order valence-electron chi connectivity index (χ4n) is 1.74. The first-order valence-corrected chi connectivity index (χ1v) is 7.62. The van der Waals surface area contributed by atoms with Crippen LogP contribution in [0.15, 0.2) is 40.2 Å². The first-order valence-electron chi connectivity index (χ1n) is 6.01. The average Bonchev–Trinajstić information content (AvgIpc) is 2.82. The third-order valence-corrected chi connectivity index (χ3v) is 4.72. The van der Waals surface area contributed by atoms with Crippen molar-refractivity contribution in [3.63, 3.8) is 0 Å². The highest BCUT2D eigenvalue weighted by Gasteiger charge is 2.29. The summed E-state index contributed by atoms with van der Waals surface area (Å²) in [5.74, 6) is 0. The fraction of sp³-hybridized carbons (Fsp3) is 0.286. The van der Waals surface area contributed by atoms with Gasteiger partial charge < -0.3 is 5.32 Å². The van der Waals surface area contributed by atoms with Gasteiger partial charge in [0.05, 0.1) is 9.35 Å². The molecule has 1 atom stereocenters. The van der Waals surface area contributed by atoms with Crippen molar-refractivity contribution in [3.8, 4) is 0 Å². The Morgan fingerprint density at radius 2 is 1.80 bits per heavy atom. The van der Waals surface area contributed by atoms with E-state index in [-0.39, 0.29) is 6.04 Å². The molecule has 1 aromatic carbocycles. The highest BCUT2D eigenvalue weighted by molar-refractivity contribution is 9.11. The summed E-state index contributed by atoms with van der Waals surface area (Å²) in [4.78, 5) is 1.18. The maximum absolute atomic E-state index is 12.4. The van der Waals surface area contributed by atoms with Gasteiger partial charge in [0.2, 0.25) is 0 Å². The molecular formula is C14H13BrF3NS. The van der Waals surface area contributed by atoms with Crippen LogP contribution < -0.4 is 5.32 Å². The van der Waals surface area contributed by atoms with Crippen LogP contribution in [0.25, 0.3) is 0 Å². The predicted molar refractivity (Wildman–Crippen MR) is 78.7 cm³/mol. The Balaban J connectivity index is 1.94. The lowest BCUT2D eigenvalue weighted by atomic mass is 10.1. The van der Waals surface area contributed by atoms with Gasteiger partial charge in [-0.3, -0.25) is 0 Å². The highest BCUT2D eigenvalue weighted by atomic mass is 79.9. The molecule has 108 valence electrons. The number of nitrogens with one attached hydrogen (secondary N) is 1. The van der Waals surface area contributed by atoms with E-state index in [1.54, 1.807) is 11.3 Å². The molecule has 0 fully saturated rings. The summed E-state index contributed by atoms with van der Waals surface area (Å²) < 4.78 is 38.4. The van der Waals surface area contributed by atoms with E-state index >= 15 is 0 Å². The van der Waals surface area contributed by atoms with E-state index in [0.29, 0.717) is 6.54 Å². The van der Waals surface area contributed by atoms with Gasteiger partial charge in [-0.05, 0) is 52.7 Å². The molecule has 2 rings (SSSR count). The molecule has 0 aliphatic carbocycles. The number of rotatable bonds is 4. The minimum absolute atomic E-state index is 0.161. The quantitative estimate of drug-likeness (QED) is 0.768. The fourth-order valence-corrected chi connectivity index (χ4v) is 3.19. The number of benzene rings is 1. The Morgan fingerprint density at radius 3 is 2.30 bits per heavy atom. The normalized spacial score (nSPS) is 13.4. The molecule has 1 nitrogen and oxygen atoms in total. The van der Waals surface area contributed by atoms with Crippen LogP contribution in [0.1, 0.15) is 29.0 Å². The first-order chi connectivity index (χ1) is 9.36. The van der Waals surface area contributed by atoms with Crippen molar-refractivity contribution >= 4 is 27.3 Å². The van der Waals surface area contributed by atoms with Gasteiger partial charge in [-0.1, -0.05) is 12.1 Å². The predicted octanol–water partition coefficient (Wildman–Crippen LogP) is 5.38. The third-order valence-electron chi connectivity index (χ3n) is 2.91. The van der Waals surface area contributed by atoms with Crippen LogP contribution in [0.3, 0.4) is 0 Å². The minimum Gasteiger partial charge on any atom is -0.305 e. The smallest absolute Gasteiger partial charge is 0.305 e. The lowest BCUT2D eigenvalue weighted by molar-refractivity contribution is -0.137. The molecule has 0 saturated carbocycles. The summed E-state index contributed by atoms with van der Waals surface area (Å²) in [5, 5.41) is 3.30. The molecule has 0 spiro atoms. The van der Waals surface area contributed by atoms with E-state index < -0.39 is 11.7 Å². The maximum atomic E-state index is 12.4. The second-order valence-corrected chi connectivity index (χ2v) is 6.93. The van der Waals surface area contributed by atoms with Gasteiger partial charge in [0.25, 0.3) is 0 Å². The van der Waals surface area contributed by atoms with Crippen LogP contribution in [-0.2, 0) is 12.7 Å². The molecule has 1 unspecified atom stereocenters. The van der Waals surface area contributed by atoms with Crippen LogP contribution in [-0.4, -0.2) is 0 Å². The molecule has 0 radical (unpaired) electrons. The van der Waals surface area contributed by atoms with Crippen molar-refractivity contribution < 1.29 is 13.2 Å². The van der Waals surface area contributed by atoms with Crippen molar-refractivity contribution in [1.29, 1.82) is 0 Å². The Labute approximate surface area is 128 Å². The van der Waals surface area contributed by atoms with Gasteiger partial charge in [-0.2, -0.15) is 13.2 Å². The van der Waals surface area contributed by atoms with Gasteiger partial charge in [0.15, 0.2) is 0 Å². The molecule has 20 heavy (non-hydrogen) atoms. The van der Waals surface area contributed by atoms with E-state index in [9.17, 15) is 13.2 Å². The van der Waals surface area contributed by atoms with Crippen LogP contribution >= 0.6 is 27.3 Å². The summed E-state index contributed by atoms with van der Waals surface area (Å²) in [6, 6.07) is 9.41. The Hall–Kier alpha value is -0.850. The molecule has 0 amide bonds. The zero-order valence-corrected chi connectivity index (χ0v) is 13.1. The Morgan fingerprint density at radius 1 is 1.15 bits per heavy atom. The lowest BCUT2D eigenvalue weighted by Gasteiger charge is -2.13. The summed E-state index contributed by atoms with van der Waals surface area (Å²) in [6.45, 7) is 2.57. The van der Waals surface area contributed by atoms with Gasteiger partial charge in [0, 0.05) is 17.5 Å². The van der Waals surface area contributed by atoms with Gasteiger partial charge in [0.1, 0.15) is 0 Å². The topological polar surface area (TPSA) is 12.0 Å². The maximum Gasteiger partial charge on any atom is 0.416 e. The molecule has 0 aliphatic rings. The molecule has 1 N–H and O–H groups in total. The summed E-state index contributed by atoms with van der Waals surface area (Å²) >= 11 is 5.05. The molecule has 1 aromatic heterocycles. The van der Waals surface area contributed by atoms with Crippen molar-refractivity contribution in [2.75, 3.05) is 0 Å². The first kappa shape index (κ1) is 15.5. The van der Waals surface area contributed by atoms with Crippen molar-refractivity contribution in [3.05, 3.63) is 56.2 Å². The molecule has 0 bridgehead atoms. The summed E-state index contributed by atoms with van der Waals surface area (Å²) in [7, 11) is 0. The number of halogens is 4.